The maximum Gasteiger partial charge on any atom is 0.269 e. The highest BCUT2D eigenvalue weighted by Gasteiger charge is 2.21. The Kier molecular flexibility index (Phi) is 3.81. The number of anilines is 1. The molecule has 0 atom stereocenters. The highest BCUT2D eigenvalue weighted by atomic mass is 16.6. The Balaban J connectivity index is 2.02. The molecule has 0 radical (unpaired) electrons. The Morgan fingerprint density at radius 1 is 1.50 bits per heavy atom. The van der Waals surface area contributed by atoms with Gasteiger partial charge in [-0.1, -0.05) is 13.8 Å². The van der Waals surface area contributed by atoms with E-state index >= 15 is 0 Å². The lowest BCUT2D eigenvalue weighted by Crippen LogP contribution is -2.37. The first-order chi connectivity index (χ1) is 8.58. The van der Waals surface area contributed by atoms with Gasteiger partial charge in [0.1, 0.15) is 0 Å². The maximum absolute atomic E-state index is 10.7. The molecule has 2 rings (SSSR count). The molecule has 1 aromatic carbocycles. The van der Waals surface area contributed by atoms with Gasteiger partial charge in [0.05, 0.1) is 10.6 Å². The minimum Gasteiger partial charge on any atom is -0.308 e. The molecule has 0 aromatic heterocycles. The molecule has 0 fully saturated rings. The van der Waals surface area contributed by atoms with Gasteiger partial charge >= 0.3 is 0 Å². The van der Waals surface area contributed by atoms with E-state index in [-0.39, 0.29) is 10.6 Å². The molecule has 5 nitrogen and oxygen atoms in total. The van der Waals surface area contributed by atoms with Gasteiger partial charge in [-0.25, -0.2) is 5.43 Å². The fourth-order valence-corrected chi connectivity index (χ4v) is 2.15. The fraction of sp³-hybridized carbons (Fsp3) is 0.538. The summed E-state index contributed by atoms with van der Waals surface area (Å²) in [7, 11) is 0. The number of hydrazine groups is 1. The summed E-state index contributed by atoms with van der Waals surface area (Å²) >= 11 is 0. The number of hydrogen-bond acceptors (Lipinski definition) is 4. The summed E-state index contributed by atoms with van der Waals surface area (Å²) in [6.45, 7) is 6.22. The number of non-ortho nitro benzene ring substituents is 1. The maximum atomic E-state index is 10.7. The van der Waals surface area contributed by atoms with Crippen molar-refractivity contribution in [1.29, 1.82) is 0 Å². The summed E-state index contributed by atoms with van der Waals surface area (Å²) in [6, 6.07) is 5.09. The highest BCUT2D eigenvalue weighted by molar-refractivity contribution is 5.60. The lowest BCUT2D eigenvalue weighted by Gasteiger charge is -2.21. The van der Waals surface area contributed by atoms with Crippen LogP contribution in [0.1, 0.15) is 25.8 Å². The summed E-state index contributed by atoms with van der Waals surface area (Å²) < 4.78 is 0. The largest absolute Gasteiger partial charge is 0.308 e. The summed E-state index contributed by atoms with van der Waals surface area (Å²) in [4.78, 5) is 10.4. The number of nitrogens with one attached hydrogen (secondary N) is 1. The van der Waals surface area contributed by atoms with E-state index in [9.17, 15) is 10.1 Å². The first kappa shape index (κ1) is 12.8. The van der Waals surface area contributed by atoms with Crippen LogP contribution >= 0.6 is 0 Å². The van der Waals surface area contributed by atoms with Gasteiger partial charge in [0, 0.05) is 25.2 Å². The normalized spacial score (nSPS) is 14.1. The van der Waals surface area contributed by atoms with Crippen LogP contribution in [0.5, 0.6) is 0 Å². The van der Waals surface area contributed by atoms with Crippen LogP contribution in [-0.4, -0.2) is 18.0 Å². The van der Waals surface area contributed by atoms with Crippen molar-refractivity contribution in [3.8, 4) is 0 Å². The number of nitro benzene ring substituents is 1. The minimum absolute atomic E-state index is 0.179. The van der Waals surface area contributed by atoms with E-state index in [1.54, 1.807) is 12.1 Å². The Bertz CT molecular complexity index is 446. The van der Waals surface area contributed by atoms with E-state index in [4.69, 9.17) is 0 Å². The molecule has 1 N–H and O–H groups in total. The van der Waals surface area contributed by atoms with Gasteiger partial charge in [-0.3, -0.25) is 10.1 Å². The van der Waals surface area contributed by atoms with Gasteiger partial charge in [-0.2, -0.15) is 0 Å². The lowest BCUT2D eigenvalue weighted by atomic mass is 10.1. The zero-order valence-corrected chi connectivity index (χ0v) is 10.8. The van der Waals surface area contributed by atoms with Crippen LogP contribution in [-0.2, 0) is 6.42 Å². The molecule has 1 heterocycles. The summed E-state index contributed by atoms with van der Waals surface area (Å²) in [5, 5.41) is 12.8. The smallest absolute Gasteiger partial charge is 0.269 e. The van der Waals surface area contributed by atoms with Crippen molar-refractivity contribution in [2.45, 2.75) is 26.7 Å². The number of rotatable bonds is 5. The molecule has 0 amide bonds. The third-order valence-electron chi connectivity index (χ3n) is 3.19. The zero-order chi connectivity index (χ0) is 13.1. The standard InChI is InChI=1S/C13H19N3O2/c1-10(2)5-7-14-15-8-6-11-9-12(16(17)18)3-4-13(11)15/h3-4,9-10,14H,5-8H2,1-2H3. The molecular formula is C13H19N3O2. The summed E-state index contributed by atoms with van der Waals surface area (Å²) in [6.07, 6.45) is 1.99. The Labute approximate surface area is 107 Å². The predicted octanol–water partition coefficient (Wildman–Crippen LogP) is 2.51. The third kappa shape index (κ3) is 2.79. The molecule has 1 aliphatic rings. The van der Waals surface area contributed by atoms with E-state index < -0.39 is 0 Å². The Morgan fingerprint density at radius 3 is 2.94 bits per heavy atom. The number of hydrogen-bond donors (Lipinski definition) is 1. The summed E-state index contributed by atoms with van der Waals surface area (Å²) in [5.74, 6) is 0.677. The van der Waals surface area contributed by atoms with Crippen LogP contribution in [0.15, 0.2) is 18.2 Å². The molecule has 5 heteroatoms. The first-order valence-corrected chi connectivity index (χ1v) is 6.36. The van der Waals surface area contributed by atoms with E-state index in [0.717, 1.165) is 37.2 Å². The van der Waals surface area contributed by atoms with Crippen molar-refractivity contribution in [2.24, 2.45) is 5.92 Å². The second-order valence-electron chi connectivity index (χ2n) is 5.06. The molecular weight excluding hydrogens is 230 g/mol. The van der Waals surface area contributed by atoms with Crippen LogP contribution in [0.3, 0.4) is 0 Å². The Hall–Kier alpha value is -1.62. The number of benzene rings is 1. The van der Waals surface area contributed by atoms with Crippen molar-refractivity contribution in [3.05, 3.63) is 33.9 Å². The molecule has 98 valence electrons. The topological polar surface area (TPSA) is 58.4 Å². The van der Waals surface area contributed by atoms with Crippen molar-refractivity contribution in [2.75, 3.05) is 18.1 Å². The van der Waals surface area contributed by atoms with Crippen LogP contribution < -0.4 is 10.4 Å². The monoisotopic (exact) mass is 249 g/mol. The number of nitrogens with zero attached hydrogens (tertiary/aromatic N) is 2. The molecule has 0 unspecified atom stereocenters. The molecule has 0 saturated heterocycles. The molecule has 1 aromatic rings. The van der Waals surface area contributed by atoms with Crippen molar-refractivity contribution in [1.82, 2.24) is 5.43 Å². The van der Waals surface area contributed by atoms with Gasteiger partial charge in [-0.15, -0.1) is 0 Å². The minimum atomic E-state index is -0.338. The average molecular weight is 249 g/mol. The van der Waals surface area contributed by atoms with Gasteiger partial charge in [0.25, 0.3) is 5.69 Å². The van der Waals surface area contributed by atoms with E-state index in [2.05, 4.69) is 24.3 Å². The number of nitro groups is 1. The van der Waals surface area contributed by atoms with Crippen molar-refractivity contribution in [3.63, 3.8) is 0 Å². The molecule has 0 saturated carbocycles. The van der Waals surface area contributed by atoms with E-state index in [1.807, 2.05) is 6.07 Å². The molecule has 0 aliphatic carbocycles. The first-order valence-electron chi connectivity index (χ1n) is 6.36. The van der Waals surface area contributed by atoms with Gasteiger partial charge in [0.15, 0.2) is 0 Å². The van der Waals surface area contributed by atoms with E-state index in [1.165, 1.54) is 0 Å². The Morgan fingerprint density at radius 2 is 2.28 bits per heavy atom. The second kappa shape index (κ2) is 5.35. The lowest BCUT2D eigenvalue weighted by molar-refractivity contribution is -0.384. The molecule has 0 spiro atoms. The van der Waals surface area contributed by atoms with Crippen LogP contribution in [0, 0.1) is 16.0 Å². The summed E-state index contributed by atoms with van der Waals surface area (Å²) in [5.41, 5.74) is 5.69. The van der Waals surface area contributed by atoms with Crippen LogP contribution in [0.2, 0.25) is 0 Å². The van der Waals surface area contributed by atoms with Crippen LogP contribution in [0.4, 0.5) is 11.4 Å². The molecule has 0 bridgehead atoms. The quantitative estimate of drug-likeness (QED) is 0.643. The second-order valence-corrected chi connectivity index (χ2v) is 5.06. The van der Waals surface area contributed by atoms with Gasteiger partial charge in [0.2, 0.25) is 0 Å². The van der Waals surface area contributed by atoms with E-state index in [0.29, 0.717) is 5.92 Å². The average Bonchev–Trinajstić information content (AvgIpc) is 2.71. The molecule has 1 aliphatic heterocycles. The van der Waals surface area contributed by atoms with Gasteiger partial charge in [-0.05, 0) is 30.4 Å². The molecule has 18 heavy (non-hydrogen) atoms. The van der Waals surface area contributed by atoms with Crippen LogP contribution in [0.25, 0.3) is 0 Å². The van der Waals surface area contributed by atoms with Crippen molar-refractivity contribution >= 4 is 11.4 Å². The predicted molar refractivity (Wildman–Crippen MR) is 71.6 cm³/mol. The highest BCUT2D eigenvalue weighted by Crippen LogP contribution is 2.29. The van der Waals surface area contributed by atoms with Crippen molar-refractivity contribution < 1.29 is 4.92 Å². The number of fused-ring (bicyclic) bond motifs is 1. The zero-order valence-electron chi connectivity index (χ0n) is 10.8. The SMILES string of the molecule is CC(C)CCNN1CCc2cc([N+](=O)[O-])ccc21. The van der Waals surface area contributed by atoms with Gasteiger partial charge < -0.3 is 5.01 Å². The third-order valence-corrected chi connectivity index (χ3v) is 3.19. The fourth-order valence-electron chi connectivity index (χ4n) is 2.15.